The monoisotopic (exact) mass is 390 g/mol. The average molecular weight is 391 g/mol. The maximum absolute atomic E-state index is 12.2. The predicted molar refractivity (Wildman–Crippen MR) is 94.5 cm³/mol. The van der Waals surface area contributed by atoms with Crippen molar-refractivity contribution in [2.75, 3.05) is 0 Å². The number of thiazole rings is 1. The van der Waals surface area contributed by atoms with Crippen LogP contribution in [0.15, 0.2) is 56.5 Å². The van der Waals surface area contributed by atoms with Gasteiger partial charge < -0.3 is 8.98 Å². The molecule has 0 radical (unpaired) electrons. The second-order valence-corrected chi connectivity index (χ2v) is 7.03. The number of carbonyl (C=O) groups is 1. The highest BCUT2D eigenvalue weighted by atomic mass is 79.9. The van der Waals surface area contributed by atoms with Gasteiger partial charge in [0.2, 0.25) is 0 Å². The van der Waals surface area contributed by atoms with Crippen LogP contribution in [0.4, 0.5) is 0 Å². The van der Waals surface area contributed by atoms with Crippen molar-refractivity contribution in [1.29, 1.82) is 0 Å². The van der Waals surface area contributed by atoms with Crippen LogP contribution in [0, 0.1) is 6.92 Å². The van der Waals surface area contributed by atoms with Crippen molar-refractivity contribution in [3.63, 3.8) is 0 Å². The molecule has 2 aromatic heterocycles. The van der Waals surface area contributed by atoms with E-state index >= 15 is 0 Å². The molecule has 1 amide bonds. The molecule has 0 aliphatic heterocycles. The van der Waals surface area contributed by atoms with Gasteiger partial charge >= 0.3 is 5.91 Å². The quantitative estimate of drug-likeness (QED) is 0.653. The number of amides is 1. The van der Waals surface area contributed by atoms with Gasteiger partial charge in [-0.15, -0.1) is 11.3 Å². The molecule has 3 aromatic rings. The van der Waals surface area contributed by atoms with Gasteiger partial charge in [-0.05, 0) is 43.7 Å². The normalized spacial score (nSPS) is 11.9. The molecule has 6 heteroatoms. The summed E-state index contributed by atoms with van der Waals surface area (Å²) in [7, 11) is 0. The molecule has 3 rings (SSSR count). The Morgan fingerprint density at radius 2 is 2.04 bits per heavy atom. The topological polar surface area (TPSA) is 47.5 Å². The number of benzene rings is 1. The molecule has 0 aliphatic carbocycles. The molecule has 0 atom stereocenters. The minimum atomic E-state index is -0.360. The Balaban J connectivity index is 2.12. The van der Waals surface area contributed by atoms with Gasteiger partial charge in [0, 0.05) is 15.9 Å². The molecule has 118 valence electrons. The summed E-state index contributed by atoms with van der Waals surface area (Å²) in [5.74, 6) is -0.107. The number of halogens is 1. The molecule has 4 nitrogen and oxygen atoms in total. The summed E-state index contributed by atoms with van der Waals surface area (Å²) in [6.45, 7) is 4.83. The molecule has 0 aliphatic rings. The lowest BCUT2D eigenvalue weighted by Crippen LogP contribution is -2.17. The predicted octanol–water partition coefficient (Wildman–Crippen LogP) is 4.64. The van der Waals surface area contributed by atoms with Crippen LogP contribution in [-0.4, -0.2) is 10.5 Å². The Labute approximate surface area is 146 Å². The van der Waals surface area contributed by atoms with Crippen LogP contribution >= 0.6 is 27.3 Å². The van der Waals surface area contributed by atoms with Crippen LogP contribution in [0.1, 0.15) is 22.4 Å². The van der Waals surface area contributed by atoms with Crippen LogP contribution in [0.2, 0.25) is 0 Å². The Morgan fingerprint density at radius 3 is 2.65 bits per heavy atom. The molecule has 0 N–H and O–H groups in total. The summed E-state index contributed by atoms with van der Waals surface area (Å²) in [4.78, 5) is 18.2. The number of hydrogen-bond donors (Lipinski definition) is 0. The zero-order chi connectivity index (χ0) is 16.4. The third-order valence-corrected chi connectivity index (χ3v) is 4.96. The van der Waals surface area contributed by atoms with Crippen LogP contribution < -0.4 is 4.80 Å². The summed E-state index contributed by atoms with van der Waals surface area (Å²) >= 11 is 4.97. The highest BCUT2D eigenvalue weighted by Crippen LogP contribution is 2.26. The van der Waals surface area contributed by atoms with Gasteiger partial charge in [0.15, 0.2) is 10.6 Å². The van der Waals surface area contributed by atoms with Gasteiger partial charge in [0.1, 0.15) is 0 Å². The zero-order valence-electron chi connectivity index (χ0n) is 12.7. The van der Waals surface area contributed by atoms with Crippen molar-refractivity contribution in [2.24, 2.45) is 4.99 Å². The Morgan fingerprint density at radius 1 is 1.30 bits per heavy atom. The first-order chi connectivity index (χ1) is 11.1. The van der Waals surface area contributed by atoms with E-state index < -0.39 is 0 Å². The molecule has 2 heterocycles. The Bertz CT molecular complexity index is 890. The van der Waals surface area contributed by atoms with Crippen molar-refractivity contribution in [3.8, 4) is 11.3 Å². The summed E-state index contributed by atoms with van der Waals surface area (Å²) in [5, 5.41) is 0. The van der Waals surface area contributed by atoms with E-state index in [0.717, 1.165) is 27.2 Å². The molecular weight excluding hydrogens is 376 g/mol. The molecule has 0 spiro atoms. The fourth-order valence-corrected chi connectivity index (χ4v) is 3.73. The first-order valence-electron chi connectivity index (χ1n) is 7.19. The van der Waals surface area contributed by atoms with Crippen LogP contribution in [0.5, 0.6) is 0 Å². The molecule has 0 bridgehead atoms. The molecular formula is C17H15BrN2O2S. The van der Waals surface area contributed by atoms with Crippen molar-refractivity contribution in [1.82, 2.24) is 4.57 Å². The van der Waals surface area contributed by atoms with E-state index in [-0.39, 0.29) is 11.7 Å². The highest BCUT2D eigenvalue weighted by Gasteiger charge is 2.14. The van der Waals surface area contributed by atoms with Gasteiger partial charge in [0.05, 0.1) is 12.0 Å². The Kier molecular flexibility index (Phi) is 4.63. The van der Waals surface area contributed by atoms with Crippen LogP contribution in [0.3, 0.4) is 0 Å². The second-order valence-electron chi connectivity index (χ2n) is 4.93. The number of rotatable bonds is 3. The smallest absolute Gasteiger partial charge is 0.315 e. The molecule has 0 saturated heterocycles. The minimum absolute atomic E-state index is 0.254. The highest BCUT2D eigenvalue weighted by molar-refractivity contribution is 9.10. The third-order valence-electron chi connectivity index (χ3n) is 3.44. The maximum Gasteiger partial charge on any atom is 0.315 e. The van der Waals surface area contributed by atoms with Gasteiger partial charge in [-0.1, -0.05) is 28.1 Å². The standard InChI is InChI=1S/C17H15BrN2O2S/c1-3-20-15(12-6-8-13(18)9-7-12)11(2)23-17(20)19-16(21)14-5-4-10-22-14/h4-10H,3H2,1-2H3. The van der Waals surface area contributed by atoms with E-state index in [1.807, 2.05) is 26.0 Å². The lowest BCUT2D eigenvalue weighted by molar-refractivity contribution is 0.0971. The van der Waals surface area contributed by atoms with Crippen molar-refractivity contribution >= 4 is 33.2 Å². The fourth-order valence-electron chi connectivity index (χ4n) is 2.41. The number of carbonyl (C=O) groups excluding carboxylic acids is 1. The zero-order valence-corrected chi connectivity index (χ0v) is 15.1. The van der Waals surface area contributed by atoms with Crippen molar-refractivity contribution < 1.29 is 9.21 Å². The largest absolute Gasteiger partial charge is 0.459 e. The van der Waals surface area contributed by atoms with Crippen molar-refractivity contribution in [2.45, 2.75) is 20.4 Å². The number of aromatic nitrogens is 1. The molecule has 0 unspecified atom stereocenters. The fraction of sp³-hybridized carbons (Fsp3) is 0.176. The summed E-state index contributed by atoms with van der Waals surface area (Å²) < 4.78 is 8.22. The SMILES string of the molecule is CCn1c(-c2ccc(Br)cc2)c(C)sc1=NC(=O)c1ccco1. The first-order valence-corrected chi connectivity index (χ1v) is 8.80. The average Bonchev–Trinajstić information content (AvgIpc) is 3.16. The van der Waals surface area contributed by atoms with Gasteiger partial charge in [-0.3, -0.25) is 4.79 Å². The Hall–Kier alpha value is -1.92. The summed E-state index contributed by atoms with van der Waals surface area (Å²) in [5.41, 5.74) is 2.20. The number of hydrogen-bond acceptors (Lipinski definition) is 3. The second kappa shape index (κ2) is 6.68. The van der Waals surface area contributed by atoms with E-state index in [2.05, 4.69) is 37.6 Å². The molecule has 0 fully saturated rings. The van der Waals surface area contributed by atoms with Crippen molar-refractivity contribution in [3.05, 3.63) is 62.6 Å². The van der Waals surface area contributed by atoms with E-state index in [9.17, 15) is 4.79 Å². The first kappa shape index (κ1) is 16.0. The van der Waals surface area contributed by atoms with E-state index in [0.29, 0.717) is 4.80 Å². The lowest BCUT2D eigenvalue weighted by atomic mass is 10.1. The van der Waals surface area contributed by atoms with Gasteiger partial charge in [-0.2, -0.15) is 4.99 Å². The molecule has 23 heavy (non-hydrogen) atoms. The van der Waals surface area contributed by atoms with Gasteiger partial charge in [0.25, 0.3) is 0 Å². The maximum atomic E-state index is 12.2. The minimum Gasteiger partial charge on any atom is -0.459 e. The number of furan rings is 1. The molecule has 0 saturated carbocycles. The number of aryl methyl sites for hydroxylation is 1. The van der Waals surface area contributed by atoms with E-state index in [4.69, 9.17) is 4.42 Å². The third kappa shape index (κ3) is 3.23. The van der Waals surface area contributed by atoms with Crippen LogP contribution in [-0.2, 0) is 6.54 Å². The summed E-state index contributed by atoms with van der Waals surface area (Å²) in [6, 6.07) is 11.4. The van der Waals surface area contributed by atoms with E-state index in [1.54, 1.807) is 12.1 Å². The lowest BCUT2D eigenvalue weighted by Gasteiger charge is -2.07. The van der Waals surface area contributed by atoms with E-state index in [1.165, 1.54) is 17.6 Å². The van der Waals surface area contributed by atoms with Gasteiger partial charge in [-0.25, -0.2) is 0 Å². The summed E-state index contributed by atoms with van der Waals surface area (Å²) in [6.07, 6.45) is 1.48. The van der Waals surface area contributed by atoms with Crippen LogP contribution in [0.25, 0.3) is 11.3 Å². The number of nitrogens with zero attached hydrogens (tertiary/aromatic N) is 2. The molecule has 1 aromatic carbocycles.